The van der Waals surface area contributed by atoms with E-state index >= 15 is 0 Å². The van der Waals surface area contributed by atoms with Gasteiger partial charge in [0.15, 0.2) is 11.5 Å². The summed E-state index contributed by atoms with van der Waals surface area (Å²) in [6.45, 7) is 1.85. The second-order valence-corrected chi connectivity index (χ2v) is 3.02. The van der Waals surface area contributed by atoms with E-state index in [1.54, 1.807) is 18.3 Å². The van der Waals surface area contributed by atoms with Crippen LogP contribution in [0.4, 0.5) is 0 Å². The van der Waals surface area contributed by atoms with E-state index in [2.05, 4.69) is 9.97 Å². The molecule has 4 heteroatoms. The lowest BCUT2D eigenvalue weighted by Crippen LogP contribution is -1.89. The van der Waals surface area contributed by atoms with Gasteiger partial charge in [-0.25, -0.2) is 4.98 Å². The summed E-state index contributed by atoms with van der Waals surface area (Å²) in [5.41, 5.74) is 2.20. The van der Waals surface area contributed by atoms with Gasteiger partial charge >= 0.3 is 0 Å². The van der Waals surface area contributed by atoms with Gasteiger partial charge in [0, 0.05) is 18.3 Å². The average molecular weight is 190 g/mol. The number of aromatic nitrogens is 2. The molecule has 0 unspecified atom stereocenters. The van der Waals surface area contributed by atoms with Crippen molar-refractivity contribution in [1.29, 1.82) is 0 Å². The largest absolute Gasteiger partial charge is 0.504 e. The molecule has 2 rings (SSSR count). The highest BCUT2D eigenvalue weighted by atomic mass is 16.5. The third-order valence-corrected chi connectivity index (χ3v) is 1.96. The van der Waals surface area contributed by atoms with Crippen LogP contribution in [0.3, 0.4) is 0 Å². The lowest BCUT2D eigenvalue weighted by Gasteiger charge is -2.04. The number of methoxy groups -OCH3 is 1. The van der Waals surface area contributed by atoms with Crippen molar-refractivity contribution >= 4 is 11.0 Å². The normalized spacial score (nSPS) is 10.4. The predicted octanol–water partition coefficient (Wildman–Crippen LogP) is 1.65. The van der Waals surface area contributed by atoms with Crippen molar-refractivity contribution in [2.24, 2.45) is 0 Å². The van der Waals surface area contributed by atoms with Crippen LogP contribution in [0, 0.1) is 6.92 Å². The lowest BCUT2D eigenvalue weighted by molar-refractivity contribution is 0.374. The minimum atomic E-state index is 0.0832. The van der Waals surface area contributed by atoms with E-state index in [9.17, 15) is 5.11 Å². The first-order chi connectivity index (χ1) is 6.70. The third kappa shape index (κ3) is 1.35. The van der Waals surface area contributed by atoms with Gasteiger partial charge in [-0.05, 0) is 6.92 Å². The van der Waals surface area contributed by atoms with Crippen LogP contribution in [0.1, 0.15) is 5.69 Å². The number of nitrogens with zero attached hydrogens (tertiary/aromatic N) is 2. The zero-order chi connectivity index (χ0) is 10.1. The number of phenolic OH excluding ortho intramolecular Hbond substituents is 1. The molecular weight excluding hydrogens is 180 g/mol. The maximum Gasteiger partial charge on any atom is 0.162 e. The Hall–Kier alpha value is -1.84. The van der Waals surface area contributed by atoms with E-state index in [-0.39, 0.29) is 5.75 Å². The van der Waals surface area contributed by atoms with E-state index in [4.69, 9.17) is 4.74 Å². The van der Waals surface area contributed by atoms with Gasteiger partial charge in [-0.1, -0.05) is 0 Å². The summed E-state index contributed by atoms with van der Waals surface area (Å²) >= 11 is 0. The van der Waals surface area contributed by atoms with Crippen molar-refractivity contribution < 1.29 is 9.84 Å². The summed E-state index contributed by atoms with van der Waals surface area (Å²) in [6.07, 6.45) is 1.68. The van der Waals surface area contributed by atoms with Crippen molar-refractivity contribution in [2.75, 3.05) is 7.11 Å². The highest BCUT2D eigenvalue weighted by Gasteiger charge is 2.05. The van der Waals surface area contributed by atoms with Crippen LogP contribution in [0.2, 0.25) is 0 Å². The Morgan fingerprint density at radius 3 is 2.79 bits per heavy atom. The maximum absolute atomic E-state index is 9.51. The number of hydrogen-bond acceptors (Lipinski definition) is 4. The molecule has 72 valence electrons. The molecule has 0 radical (unpaired) electrons. The first-order valence-electron chi connectivity index (χ1n) is 4.21. The molecule has 0 bridgehead atoms. The van der Waals surface area contributed by atoms with Gasteiger partial charge in [-0.15, -0.1) is 0 Å². The Kier molecular flexibility index (Phi) is 1.96. The molecule has 0 fully saturated rings. The first kappa shape index (κ1) is 8.74. The molecule has 1 heterocycles. The topological polar surface area (TPSA) is 55.2 Å². The van der Waals surface area contributed by atoms with Crippen molar-refractivity contribution in [3.8, 4) is 11.5 Å². The highest BCUT2D eigenvalue weighted by Crippen LogP contribution is 2.29. The Bertz CT molecular complexity index is 483. The number of fused-ring (bicyclic) bond motifs is 1. The molecule has 0 aliphatic carbocycles. The molecule has 0 saturated carbocycles. The number of rotatable bonds is 1. The predicted molar refractivity (Wildman–Crippen MR) is 52.5 cm³/mol. The van der Waals surface area contributed by atoms with Gasteiger partial charge in [0.1, 0.15) is 0 Å². The maximum atomic E-state index is 9.51. The molecule has 0 aliphatic rings. The molecule has 14 heavy (non-hydrogen) atoms. The van der Waals surface area contributed by atoms with Gasteiger partial charge in [-0.2, -0.15) is 0 Å². The fourth-order valence-corrected chi connectivity index (χ4v) is 1.28. The second-order valence-electron chi connectivity index (χ2n) is 3.02. The number of hydrogen-bond donors (Lipinski definition) is 1. The molecule has 1 N–H and O–H groups in total. The monoisotopic (exact) mass is 190 g/mol. The van der Waals surface area contributed by atoms with Gasteiger partial charge in [0.25, 0.3) is 0 Å². The van der Waals surface area contributed by atoms with Crippen molar-refractivity contribution in [1.82, 2.24) is 9.97 Å². The number of aromatic hydroxyl groups is 1. The van der Waals surface area contributed by atoms with Crippen LogP contribution in [0.25, 0.3) is 11.0 Å². The van der Waals surface area contributed by atoms with Crippen molar-refractivity contribution in [3.63, 3.8) is 0 Å². The zero-order valence-electron chi connectivity index (χ0n) is 7.98. The number of ether oxygens (including phenoxy) is 1. The van der Waals surface area contributed by atoms with Gasteiger partial charge in [0.05, 0.1) is 23.8 Å². The fraction of sp³-hybridized carbons (Fsp3) is 0.200. The molecule has 4 nitrogen and oxygen atoms in total. The molecule has 0 amide bonds. The van der Waals surface area contributed by atoms with E-state index < -0.39 is 0 Å². The minimum absolute atomic E-state index is 0.0832. The average Bonchev–Trinajstić information content (AvgIpc) is 2.16. The summed E-state index contributed by atoms with van der Waals surface area (Å²) in [5.74, 6) is 0.496. The number of benzene rings is 1. The smallest absolute Gasteiger partial charge is 0.162 e. The van der Waals surface area contributed by atoms with Crippen molar-refractivity contribution in [2.45, 2.75) is 6.92 Å². The molecule has 1 aromatic carbocycles. The summed E-state index contributed by atoms with van der Waals surface area (Å²) in [4.78, 5) is 8.41. The molecule has 0 saturated heterocycles. The number of phenols is 1. The Morgan fingerprint density at radius 2 is 2.07 bits per heavy atom. The molecule has 0 atom stereocenters. The quantitative estimate of drug-likeness (QED) is 0.742. The van der Waals surface area contributed by atoms with E-state index in [0.717, 1.165) is 5.69 Å². The molecular formula is C10H10N2O2. The Balaban J connectivity index is 2.73. The van der Waals surface area contributed by atoms with E-state index in [1.807, 2.05) is 6.92 Å². The highest BCUT2D eigenvalue weighted by molar-refractivity contribution is 5.78. The fourth-order valence-electron chi connectivity index (χ4n) is 1.28. The summed E-state index contributed by atoms with van der Waals surface area (Å²) in [5, 5.41) is 9.51. The summed E-state index contributed by atoms with van der Waals surface area (Å²) in [7, 11) is 1.50. The van der Waals surface area contributed by atoms with Crippen LogP contribution >= 0.6 is 0 Å². The molecule has 0 spiro atoms. The first-order valence-corrected chi connectivity index (χ1v) is 4.21. The number of aryl methyl sites for hydroxylation is 1. The molecule has 1 aromatic heterocycles. The standard InChI is InChI=1S/C10H10N2O2/c1-6-5-11-7-4-10(14-2)9(13)3-8(7)12-6/h3-5,13H,1-2H3. The minimum Gasteiger partial charge on any atom is -0.504 e. The zero-order valence-corrected chi connectivity index (χ0v) is 7.98. The van der Waals surface area contributed by atoms with Crippen LogP contribution in [0.5, 0.6) is 11.5 Å². The van der Waals surface area contributed by atoms with Gasteiger partial charge < -0.3 is 9.84 Å². The van der Waals surface area contributed by atoms with Gasteiger partial charge in [0.2, 0.25) is 0 Å². The molecule has 2 aromatic rings. The Morgan fingerprint density at radius 1 is 1.29 bits per heavy atom. The van der Waals surface area contributed by atoms with E-state index in [0.29, 0.717) is 16.8 Å². The van der Waals surface area contributed by atoms with Crippen LogP contribution in [0.15, 0.2) is 18.3 Å². The summed E-state index contributed by atoms with van der Waals surface area (Å²) < 4.78 is 4.97. The molecule has 0 aliphatic heterocycles. The van der Waals surface area contributed by atoms with Gasteiger partial charge in [-0.3, -0.25) is 4.98 Å². The van der Waals surface area contributed by atoms with Crippen LogP contribution in [-0.4, -0.2) is 22.2 Å². The lowest BCUT2D eigenvalue weighted by atomic mass is 10.2. The van der Waals surface area contributed by atoms with Crippen molar-refractivity contribution in [3.05, 3.63) is 24.0 Å². The third-order valence-electron chi connectivity index (χ3n) is 1.96. The van der Waals surface area contributed by atoms with E-state index in [1.165, 1.54) is 7.11 Å². The van der Waals surface area contributed by atoms with Crippen LogP contribution < -0.4 is 4.74 Å². The second kappa shape index (κ2) is 3.14. The van der Waals surface area contributed by atoms with Crippen LogP contribution in [-0.2, 0) is 0 Å². The summed E-state index contributed by atoms with van der Waals surface area (Å²) in [6, 6.07) is 3.21. The SMILES string of the molecule is COc1cc2ncc(C)nc2cc1O. The Labute approximate surface area is 81.2 Å².